The maximum atomic E-state index is 13.0. The van der Waals surface area contributed by atoms with Gasteiger partial charge in [0, 0.05) is 17.0 Å². The maximum Gasteiger partial charge on any atom is 0.417 e. The second-order valence-corrected chi connectivity index (χ2v) is 5.76. The van der Waals surface area contributed by atoms with Gasteiger partial charge >= 0.3 is 17.8 Å². The lowest BCUT2D eigenvalue weighted by Crippen LogP contribution is -2.50. The van der Waals surface area contributed by atoms with Crippen molar-refractivity contribution in [2.45, 2.75) is 30.6 Å². The minimum Gasteiger partial charge on any atom is -0.479 e. The molecule has 0 spiro atoms. The third kappa shape index (κ3) is 4.20. The van der Waals surface area contributed by atoms with Crippen LogP contribution in [0.5, 0.6) is 0 Å². The molecule has 2 aromatic rings. The van der Waals surface area contributed by atoms with E-state index in [1.165, 1.54) is 0 Å². The molecule has 2 rings (SSSR count). The first kappa shape index (κ1) is 21.5. The predicted molar refractivity (Wildman–Crippen MR) is 83.5 cm³/mol. The molecule has 0 unspecified atom stereocenters. The van der Waals surface area contributed by atoms with E-state index in [0.717, 1.165) is 12.1 Å². The zero-order valence-corrected chi connectivity index (χ0v) is 13.6. The number of Topliss-reactive ketones (excluding diaryl/α,β-unsaturated/α-hetero) is 1. The molecule has 0 saturated heterocycles. The van der Waals surface area contributed by atoms with E-state index in [4.69, 9.17) is 10.2 Å². The molecule has 0 aliphatic carbocycles. The van der Waals surface area contributed by atoms with E-state index in [1.807, 2.05) is 0 Å². The fraction of sp³-hybridized carbons (Fsp3) is 0.312. The lowest BCUT2D eigenvalue weighted by Gasteiger charge is -2.23. The van der Waals surface area contributed by atoms with Gasteiger partial charge < -0.3 is 29.9 Å². The lowest BCUT2D eigenvalue weighted by atomic mass is 9.95. The topological polar surface area (TPSA) is 166 Å². The Labute approximate surface area is 152 Å². The molecule has 0 amide bonds. The van der Waals surface area contributed by atoms with Crippen LogP contribution < -0.4 is 5.63 Å². The van der Waals surface area contributed by atoms with E-state index in [1.54, 1.807) is 0 Å². The fourth-order valence-corrected chi connectivity index (χ4v) is 2.40. The molecule has 1 heterocycles. The highest BCUT2D eigenvalue weighted by Crippen LogP contribution is 2.34. The van der Waals surface area contributed by atoms with Crippen LogP contribution in [0.1, 0.15) is 15.9 Å². The van der Waals surface area contributed by atoms with Crippen molar-refractivity contribution in [2.24, 2.45) is 0 Å². The maximum absolute atomic E-state index is 13.0. The van der Waals surface area contributed by atoms with Crippen molar-refractivity contribution in [3.8, 4) is 0 Å². The number of benzene rings is 1. The highest BCUT2D eigenvalue weighted by Gasteiger charge is 2.38. The fourth-order valence-electron chi connectivity index (χ4n) is 2.40. The van der Waals surface area contributed by atoms with Crippen LogP contribution in [0, 0.1) is 0 Å². The molecule has 1 aromatic carbocycles. The number of hydrogen-bond acceptors (Lipinski definition) is 8. The van der Waals surface area contributed by atoms with Gasteiger partial charge in [0.2, 0.25) is 0 Å². The number of alkyl halides is 3. The van der Waals surface area contributed by atoms with Crippen LogP contribution in [0.2, 0.25) is 0 Å². The molecule has 28 heavy (non-hydrogen) atoms. The molecule has 12 heteroatoms. The van der Waals surface area contributed by atoms with Crippen molar-refractivity contribution in [2.75, 3.05) is 0 Å². The summed E-state index contributed by atoms with van der Waals surface area (Å²) in [6.07, 6.45) is -14.7. The summed E-state index contributed by atoms with van der Waals surface area (Å²) < 4.78 is 43.6. The second kappa shape index (κ2) is 7.67. The number of rotatable bonds is 6. The van der Waals surface area contributed by atoms with Crippen LogP contribution in [-0.4, -0.2) is 61.7 Å². The highest BCUT2D eigenvalue weighted by atomic mass is 19.4. The number of aliphatic hydroxyl groups is 4. The number of fused-ring (bicyclic) bond motifs is 1. The Bertz CT molecular complexity index is 966. The molecule has 5 N–H and O–H groups in total. The summed E-state index contributed by atoms with van der Waals surface area (Å²) in [5, 5.41) is 46.1. The second-order valence-electron chi connectivity index (χ2n) is 5.76. The summed E-state index contributed by atoms with van der Waals surface area (Å²) in [5.41, 5.74) is -3.78. The Morgan fingerprint density at radius 2 is 1.54 bits per heavy atom. The summed E-state index contributed by atoms with van der Waals surface area (Å²) in [5.74, 6) is -3.26. The van der Waals surface area contributed by atoms with Gasteiger partial charge in [-0.25, -0.2) is 9.59 Å². The van der Waals surface area contributed by atoms with Crippen LogP contribution in [0.15, 0.2) is 33.5 Å². The Kier molecular flexibility index (Phi) is 5.89. The van der Waals surface area contributed by atoms with Crippen molar-refractivity contribution in [3.63, 3.8) is 0 Å². The van der Waals surface area contributed by atoms with E-state index in [0.29, 0.717) is 6.07 Å². The van der Waals surface area contributed by atoms with Crippen molar-refractivity contribution < 1.29 is 52.7 Å². The predicted octanol–water partition coefficient (Wildman–Crippen LogP) is -0.477. The molecule has 1 aromatic heterocycles. The summed E-state index contributed by atoms with van der Waals surface area (Å²) in [4.78, 5) is 34.1. The van der Waals surface area contributed by atoms with Crippen LogP contribution in [0.3, 0.4) is 0 Å². The number of carboxylic acids is 1. The van der Waals surface area contributed by atoms with Crippen LogP contribution in [0.4, 0.5) is 13.2 Å². The summed E-state index contributed by atoms with van der Waals surface area (Å²) >= 11 is 0. The monoisotopic (exact) mass is 406 g/mol. The smallest absolute Gasteiger partial charge is 0.417 e. The molecule has 9 nitrogen and oxygen atoms in total. The molecule has 0 fully saturated rings. The van der Waals surface area contributed by atoms with Crippen molar-refractivity contribution in [3.05, 3.63) is 45.8 Å². The number of carbonyl (C=O) groups excluding carboxylic acids is 1. The number of ketones is 1. The van der Waals surface area contributed by atoms with Crippen LogP contribution >= 0.6 is 0 Å². The lowest BCUT2D eigenvalue weighted by molar-refractivity contribution is -0.161. The molecular formula is C16H13F3O9. The van der Waals surface area contributed by atoms with Crippen LogP contribution in [0.25, 0.3) is 11.0 Å². The molecule has 0 bridgehead atoms. The van der Waals surface area contributed by atoms with Gasteiger partial charge in [0.15, 0.2) is 11.9 Å². The standard InChI is InChI=1S/C16H13F3O9/c17-16(18,19)7-4-9(20)28-8-3-5(1-2-6(7)8)10(21)11(22)12(23)13(24)14(25)15(26)27/h1-4,11-14,22-25H,(H,26,27)/t11-,12+,13-,14-/m0/s1. The Morgan fingerprint density at radius 1 is 0.964 bits per heavy atom. The van der Waals surface area contributed by atoms with Gasteiger partial charge in [0.1, 0.15) is 23.9 Å². The first-order chi connectivity index (χ1) is 12.8. The molecular weight excluding hydrogens is 393 g/mol. The van der Waals surface area contributed by atoms with Crippen LogP contribution in [-0.2, 0) is 11.0 Å². The van der Waals surface area contributed by atoms with E-state index in [-0.39, 0.29) is 6.07 Å². The number of aliphatic carboxylic acids is 1. The van der Waals surface area contributed by atoms with Crippen molar-refractivity contribution >= 4 is 22.7 Å². The largest absolute Gasteiger partial charge is 0.479 e. The number of carbonyl (C=O) groups is 2. The molecule has 4 atom stereocenters. The summed E-state index contributed by atoms with van der Waals surface area (Å²) in [6.45, 7) is 0. The van der Waals surface area contributed by atoms with Gasteiger partial charge in [-0.1, -0.05) is 6.07 Å². The van der Waals surface area contributed by atoms with Gasteiger partial charge in [0.25, 0.3) is 0 Å². The van der Waals surface area contributed by atoms with E-state index >= 15 is 0 Å². The minimum absolute atomic E-state index is 0.228. The Hall–Kier alpha value is -2.80. The molecule has 0 aliphatic rings. The van der Waals surface area contributed by atoms with Gasteiger partial charge in [-0.05, 0) is 12.1 Å². The average Bonchev–Trinajstić information content (AvgIpc) is 2.62. The molecule has 152 valence electrons. The zero-order valence-electron chi connectivity index (χ0n) is 13.6. The molecule has 0 saturated carbocycles. The molecule has 0 aliphatic heterocycles. The Balaban J connectivity index is 2.41. The Morgan fingerprint density at radius 3 is 2.07 bits per heavy atom. The number of hydrogen-bond donors (Lipinski definition) is 5. The van der Waals surface area contributed by atoms with E-state index < -0.39 is 70.1 Å². The third-order valence-corrected chi connectivity index (χ3v) is 3.85. The highest BCUT2D eigenvalue weighted by molar-refractivity contribution is 6.02. The number of halogens is 3. The van der Waals surface area contributed by atoms with Gasteiger partial charge in [0.05, 0.1) is 5.56 Å². The van der Waals surface area contributed by atoms with Gasteiger partial charge in [-0.3, -0.25) is 4.79 Å². The van der Waals surface area contributed by atoms with Crippen molar-refractivity contribution in [1.29, 1.82) is 0 Å². The van der Waals surface area contributed by atoms with Crippen molar-refractivity contribution in [1.82, 2.24) is 0 Å². The number of aliphatic hydroxyl groups excluding tert-OH is 4. The van der Waals surface area contributed by atoms with E-state index in [9.17, 15) is 42.9 Å². The van der Waals surface area contributed by atoms with Gasteiger partial charge in [-0.15, -0.1) is 0 Å². The quantitative estimate of drug-likeness (QED) is 0.315. The SMILES string of the molecule is O=C(O)[C@@H](O)[C@@H](O)[C@H](O)[C@@H](O)C(=O)c1ccc2c(C(F)(F)F)cc(=O)oc2c1. The summed E-state index contributed by atoms with van der Waals surface area (Å²) in [6, 6.07) is 2.59. The molecule has 0 radical (unpaired) electrons. The third-order valence-electron chi connectivity index (χ3n) is 3.85. The number of carboxylic acid groups (broad SMARTS) is 1. The first-order valence-electron chi connectivity index (χ1n) is 7.49. The van der Waals surface area contributed by atoms with Gasteiger partial charge in [-0.2, -0.15) is 13.2 Å². The normalized spacial score (nSPS) is 16.4. The average molecular weight is 406 g/mol. The summed E-state index contributed by atoms with van der Waals surface area (Å²) in [7, 11) is 0. The van der Waals surface area contributed by atoms with E-state index in [2.05, 4.69) is 4.42 Å². The zero-order chi connectivity index (χ0) is 21.4. The first-order valence-corrected chi connectivity index (χ1v) is 7.49. The minimum atomic E-state index is -4.88.